The van der Waals surface area contributed by atoms with Crippen molar-refractivity contribution < 1.29 is 14.3 Å². The van der Waals surface area contributed by atoms with Crippen LogP contribution in [0.4, 0.5) is 0 Å². The van der Waals surface area contributed by atoms with Crippen molar-refractivity contribution in [2.45, 2.75) is 37.9 Å². The summed E-state index contributed by atoms with van der Waals surface area (Å²) in [5, 5.41) is 0. The van der Waals surface area contributed by atoms with Gasteiger partial charge in [0, 0.05) is 17.8 Å². The van der Waals surface area contributed by atoms with Gasteiger partial charge in [0.25, 0.3) is 0 Å². The lowest BCUT2D eigenvalue weighted by atomic mass is 9.64. The van der Waals surface area contributed by atoms with Crippen molar-refractivity contribution in [1.29, 1.82) is 0 Å². The van der Waals surface area contributed by atoms with Crippen LogP contribution in [0, 0.1) is 17.3 Å². The molecule has 1 saturated heterocycles. The van der Waals surface area contributed by atoms with Gasteiger partial charge < -0.3 is 9.47 Å². The molecule has 0 N–H and O–H groups in total. The van der Waals surface area contributed by atoms with Crippen molar-refractivity contribution in [2.75, 3.05) is 13.2 Å². The molecule has 3 aliphatic carbocycles. The molecule has 3 heteroatoms. The smallest absolute Gasteiger partial charge is 0.171 e. The van der Waals surface area contributed by atoms with Gasteiger partial charge in [-0.1, -0.05) is 6.08 Å². The maximum Gasteiger partial charge on any atom is 0.171 e. The molecule has 2 bridgehead atoms. The quantitative estimate of drug-likeness (QED) is 0.643. The molecule has 1 unspecified atom stereocenters. The van der Waals surface area contributed by atoms with E-state index in [0.29, 0.717) is 17.6 Å². The number of hydrogen-bond acceptors (Lipinski definition) is 3. The van der Waals surface area contributed by atoms with E-state index in [1.54, 1.807) is 0 Å². The fraction of sp³-hybridized carbons (Fsp3) is 0.786. The van der Waals surface area contributed by atoms with Crippen LogP contribution in [0.1, 0.15) is 32.1 Å². The summed E-state index contributed by atoms with van der Waals surface area (Å²) in [4.78, 5) is 12.2. The highest BCUT2D eigenvalue weighted by Crippen LogP contribution is 2.62. The molecule has 2 saturated carbocycles. The Labute approximate surface area is 101 Å². The number of allylic oxidation sites excluding steroid dienone is 2. The van der Waals surface area contributed by atoms with E-state index in [1.165, 1.54) is 0 Å². The second kappa shape index (κ2) is 3.21. The lowest BCUT2D eigenvalue weighted by molar-refractivity contribution is -0.213. The highest BCUT2D eigenvalue weighted by Gasteiger charge is 2.62. The van der Waals surface area contributed by atoms with Gasteiger partial charge in [0.15, 0.2) is 11.6 Å². The number of rotatable bonds is 0. The molecule has 3 nitrogen and oxygen atoms in total. The Balaban J connectivity index is 1.70. The molecule has 17 heavy (non-hydrogen) atoms. The summed E-state index contributed by atoms with van der Waals surface area (Å²) in [5.74, 6) is 1.01. The second-order valence-corrected chi connectivity index (χ2v) is 6.00. The minimum Gasteiger partial charge on any atom is -0.347 e. The fourth-order valence-electron chi connectivity index (χ4n) is 4.60. The van der Waals surface area contributed by atoms with E-state index in [9.17, 15) is 4.79 Å². The fourth-order valence-corrected chi connectivity index (χ4v) is 4.60. The molecule has 4 aliphatic rings. The molecule has 3 fully saturated rings. The minimum absolute atomic E-state index is 0.0556. The molecule has 2 spiro atoms. The Morgan fingerprint density at radius 3 is 2.82 bits per heavy atom. The first-order valence-electron chi connectivity index (χ1n) is 6.74. The normalized spacial score (nSPS) is 46.5. The lowest BCUT2D eigenvalue weighted by Gasteiger charge is -2.43. The molecular formula is C14H18O3. The zero-order chi connectivity index (χ0) is 11.5. The van der Waals surface area contributed by atoms with Gasteiger partial charge >= 0.3 is 0 Å². The molecule has 1 aliphatic heterocycles. The molecule has 1 heterocycles. The Kier molecular flexibility index (Phi) is 1.94. The number of fused-ring (bicyclic) bond motifs is 2. The monoisotopic (exact) mass is 234 g/mol. The Morgan fingerprint density at radius 1 is 1.18 bits per heavy atom. The van der Waals surface area contributed by atoms with Gasteiger partial charge in [0.2, 0.25) is 0 Å². The van der Waals surface area contributed by atoms with Crippen molar-refractivity contribution in [3.8, 4) is 0 Å². The Morgan fingerprint density at radius 2 is 2.00 bits per heavy atom. The van der Waals surface area contributed by atoms with Crippen LogP contribution in [0.3, 0.4) is 0 Å². The maximum atomic E-state index is 12.2. The van der Waals surface area contributed by atoms with Crippen LogP contribution in [0.5, 0.6) is 0 Å². The average molecular weight is 234 g/mol. The third-order valence-corrected chi connectivity index (χ3v) is 5.46. The first kappa shape index (κ1) is 10.3. The first-order valence-corrected chi connectivity index (χ1v) is 6.74. The second-order valence-electron chi connectivity index (χ2n) is 6.00. The highest BCUT2D eigenvalue weighted by molar-refractivity contribution is 5.96. The van der Waals surface area contributed by atoms with Crippen molar-refractivity contribution in [3.05, 3.63) is 12.2 Å². The maximum absolute atomic E-state index is 12.2. The van der Waals surface area contributed by atoms with Gasteiger partial charge in [-0.05, 0) is 37.7 Å². The van der Waals surface area contributed by atoms with E-state index >= 15 is 0 Å². The summed E-state index contributed by atoms with van der Waals surface area (Å²) in [6, 6.07) is 0. The SMILES string of the molecule is O=C1C=CC[C@H]2CC3C[C@]12CCC31OCCO1. The summed E-state index contributed by atoms with van der Waals surface area (Å²) in [6.07, 6.45) is 8.90. The Hall–Kier alpha value is -0.670. The summed E-state index contributed by atoms with van der Waals surface area (Å²) in [7, 11) is 0. The molecule has 0 radical (unpaired) electrons. The van der Waals surface area contributed by atoms with Crippen molar-refractivity contribution in [3.63, 3.8) is 0 Å². The van der Waals surface area contributed by atoms with Gasteiger partial charge in [-0.25, -0.2) is 0 Å². The predicted octanol–water partition coefficient (Wildman–Crippen LogP) is 2.06. The summed E-state index contributed by atoms with van der Waals surface area (Å²) in [5.41, 5.74) is -0.0556. The van der Waals surface area contributed by atoms with Crippen LogP contribution in [0.15, 0.2) is 12.2 Å². The summed E-state index contributed by atoms with van der Waals surface area (Å²) < 4.78 is 11.8. The predicted molar refractivity (Wildman–Crippen MR) is 61.3 cm³/mol. The number of hydrogen-bond donors (Lipinski definition) is 0. The minimum atomic E-state index is -0.330. The van der Waals surface area contributed by atoms with Gasteiger partial charge in [-0.15, -0.1) is 0 Å². The largest absolute Gasteiger partial charge is 0.347 e. The number of ketones is 1. The molecule has 4 rings (SSSR count). The standard InChI is InChI=1S/C14H18O3/c15-12-3-1-2-10-8-11-9-13(10,12)4-5-14(11)16-6-7-17-14/h1,3,10-11H,2,4-9H2/t10-,11?,13-/m0/s1. The first-order chi connectivity index (χ1) is 8.25. The topological polar surface area (TPSA) is 35.5 Å². The lowest BCUT2D eigenvalue weighted by Crippen LogP contribution is -2.46. The van der Waals surface area contributed by atoms with Crippen LogP contribution in [-0.4, -0.2) is 24.8 Å². The summed E-state index contributed by atoms with van der Waals surface area (Å²) >= 11 is 0. The van der Waals surface area contributed by atoms with Crippen molar-refractivity contribution in [1.82, 2.24) is 0 Å². The molecule has 92 valence electrons. The van der Waals surface area contributed by atoms with Crippen LogP contribution in [-0.2, 0) is 14.3 Å². The van der Waals surface area contributed by atoms with E-state index < -0.39 is 0 Å². The molecular weight excluding hydrogens is 216 g/mol. The van der Waals surface area contributed by atoms with Crippen molar-refractivity contribution in [2.24, 2.45) is 17.3 Å². The molecule has 3 atom stereocenters. The Bertz CT molecular complexity index is 394. The van der Waals surface area contributed by atoms with E-state index in [2.05, 4.69) is 6.08 Å². The number of carbonyl (C=O) groups excluding carboxylic acids is 1. The van der Waals surface area contributed by atoms with Crippen LogP contribution in [0.25, 0.3) is 0 Å². The van der Waals surface area contributed by atoms with E-state index in [0.717, 1.165) is 45.3 Å². The number of carbonyl (C=O) groups is 1. The van der Waals surface area contributed by atoms with Gasteiger partial charge in [-0.3, -0.25) is 4.79 Å². The van der Waals surface area contributed by atoms with Crippen molar-refractivity contribution >= 4 is 5.78 Å². The molecule has 0 aromatic heterocycles. The third-order valence-electron chi connectivity index (χ3n) is 5.46. The molecule has 0 aromatic carbocycles. The van der Waals surface area contributed by atoms with E-state index in [4.69, 9.17) is 9.47 Å². The summed E-state index contributed by atoms with van der Waals surface area (Å²) in [6.45, 7) is 1.45. The molecule has 0 amide bonds. The van der Waals surface area contributed by atoms with E-state index in [1.807, 2.05) is 6.08 Å². The van der Waals surface area contributed by atoms with Gasteiger partial charge in [-0.2, -0.15) is 0 Å². The zero-order valence-corrected chi connectivity index (χ0v) is 9.98. The zero-order valence-electron chi connectivity index (χ0n) is 9.98. The van der Waals surface area contributed by atoms with Crippen LogP contribution in [0.2, 0.25) is 0 Å². The van der Waals surface area contributed by atoms with Crippen LogP contribution < -0.4 is 0 Å². The highest BCUT2D eigenvalue weighted by atomic mass is 16.7. The van der Waals surface area contributed by atoms with Gasteiger partial charge in [0.05, 0.1) is 13.2 Å². The van der Waals surface area contributed by atoms with E-state index in [-0.39, 0.29) is 11.2 Å². The third kappa shape index (κ3) is 1.17. The van der Waals surface area contributed by atoms with Crippen LogP contribution >= 0.6 is 0 Å². The van der Waals surface area contributed by atoms with Gasteiger partial charge in [0.1, 0.15) is 0 Å². The number of ether oxygens (including phenoxy) is 2. The molecule has 0 aromatic rings. The average Bonchev–Trinajstić information content (AvgIpc) is 2.89.